The largest absolute Gasteiger partial charge is 0.578 e. The molecule has 0 amide bonds. The van der Waals surface area contributed by atoms with Gasteiger partial charge in [0.05, 0.1) is 43.2 Å². The lowest BCUT2D eigenvalue weighted by Gasteiger charge is -2.36. The molecule has 1 unspecified atom stereocenters. The first-order valence-electron chi connectivity index (χ1n) is 20.3. The molecule has 1 aliphatic heterocycles. The van der Waals surface area contributed by atoms with Crippen LogP contribution in [0.2, 0.25) is 0 Å². The number of rotatable bonds is 19. The lowest BCUT2D eigenvalue weighted by molar-refractivity contribution is 0.0512. The van der Waals surface area contributed by atoms with Gasteiger partial charge in [0.15, 0.2) is 0 Å². The molecule has 312 valence electrons. The summed E-state index contributed by atoms with van der Waals surface area (Å²) in [4.78, 5) is 16.3. The highest BCUT2D eigenvalue weighted by Crippen LogP contribution is 2.39. The van der Waals surface area contributed by atoms with Gasteiger partial charge in [0.25, 0.3) is 0 Å². The quantitative estimate of drug-likeness (QED) is 0.0362. The Balaban J connectivity index is 1.16. The normalized spacial score (nSPS) is 14.1. The molecule has 2 aromatic heterocycles. The van der Waals surface area contributed by atoms with Crippen molar-refractivity contribution >= 4 is 60.8 Å². The average molecular weight is 885 g/mol. The van der Waals surface area contributed by atoms with Crippen LogP contribution in [0.4, 0.5) is 5.69 Å². The molecule has 7 rings (SSSR count). The third-order valence-corrected chi connectivity index (χ3v) is 12.7. The maximum absolute atomic E-state index is 14.0. The number of alkyl halides is 1. The molecule has 59 heavy (non-hydrogen) atoms. The van der Waals surface area contributed by atoms with Crippen LogP contribution < -0.4 is 19.7 Å². The highest BCUT2D eigenvalue weighted by molar-refractivity contribution is 9.08. The topological polar surface area (TPSA) is 123 Å². The molecule has 1 fully saturated rings. The summed E-state index contributed by atoms with van der Waals surface area (Å²) in [5.74, 6) is 1.27. The Morgan fingerprint density at radius 3 is 2.44 bits per heavy atom. The van der Waals surface area contributed by atoms with Gasteiger partial charge < -0.3 is 33.5 Å². The molecule has 2 N–H and O–H groups in total. The van der Waals surface area contributed by atoms with Crippen molar-refractivity contribution in [3.05, 3.63) is 108 Å². The van der Waals surface area contributed by atoms with Crippen molar-refractivity contribution in [1.82, 2.24) is 28.7 Å². The monoisotopic (exact) mass is 883 g/mol. The maximum atomic E-state index is 14.0. The number of aromatic nitrogens is 3. The van der Waals surface area contributed by atoms with E-state index in [2.05, 4.69) is 84.3 Å². The number of H-pyrrole nitrogens is 1. The van der Waals surface area contributed by atoms with Crippen molar-refractivity contribution in [2.75, 3.05) is 72.0 Å². The van der Waals surface area contributed by atoms with Gasteiger partial charge in [0, 0.05) is 66.6 Å². The number of ether oxygens (including phenoxy) is 3. The van der Waals surface area contributed by atoms with Crippen LogP contribution >= 0.6 is 15.9 Å². The highest BCUT2D eigenvalue weighted by Gasteiger charge is 2.29. The summed E-state index contributed by atoms with van der Waals surface area (Å²) >= 11 is 2.58. The van der Waals surface area contributed by atoms with E-state index in [9.17, 15) is 9.35 Å². The number of para-hydroxylation sites is 1. The standard InChI is InChI=1S/C45H54BrN7O5S/c1-5-56-45(54)44-37(17-10-29-57-41-18-8-13-32-12-6-7-14-35(32)41)36-15-9-16-38(43(36)53(44)24-11-23-47-2)42-39(30-46)48-49-40(42)31-58-34-21-19-33(20-22-34)51-25-27-52(28-26-51)59(55)50(3)4/h6-9,12-16,18-22,47H,5,10-11,17,23-31H2,1-4H3,(H,48,49). The third-order valence-electron chi connectivity index (χ3n) is 10.7. The van der Waals surface area contributed by atoms with Crippen LogP contribution in [0.3, 0.4) is 0 Å². The molecule has 0 radical (unpaired) electrons. The van der Waals surface area contributed by atoms with E-state index in [4.69, 9.17) is 19.3 Å². The second kappa shape index (κ2) is 20.1. The van der Waals surface area contributed by atoms with E-state index in [1.165, 1.54) is 0 Å². The van der Waals surface area contributed by atoms with Crippen LogP contribution in [0.25, 0.3) is 32.8 Å². The van der Waals surface area contributed by atoms with Crippen molar-refractivity contribution in [2.24, 2.45) is 0 Å². The van der Waals surface area contributed by atoms with Gasteiger partial charge in [0.1, 0.15) is 35.3 Å². The summed E-state index contributed by atoms with van der Waals surface area (Å²) < 4.78 is 36.9. The molecule has 0 aliphatic carbocycles. The predicted octanol–water partition coefficient (Wildman–Crippen LogP) is 7.72. The second-order valence-corrected chi connectivity index (χ2v) is 17.0. The van der Waals surface area contributed by atoms with Crippen molar-refractivity contribution in [3.8, 4) is 22.6 Å². The minimum Gasteiger partial charge on any atom is -0.578 e. The van der Waals surface area contributed by atoms with Gasteiger partial charge in [-0.3, -0.25) is 5.10 Å². The number of carbonyl (C=O) groups excluding carboxylic acids is 1. The van der Waals surface area contributed by atoms with E-state index in [1.54, 1.807) is 4.31 Å². The molecule has 1 saturated heterocycles. The zero-order chi connectivity index (χ0) is 41.3. The van der Waals surface area contributed by atoms with Gasteiger partial charge in [-0.15, -0.1) is 8.61 Å². The van der Waals surface area contributed by atoms with Crippen LogP contribution in [0.5, 0.6) is 11.5 Å². The Morgan fingerprint density at radius 2 is 1.69 bits per heavy atom. The van der Waals surface area contributed by atoms with E-state index in [1.807, 2.05) is 68.8 Å². The molecule has 4 aromatic carbocycles. The molecule has 6 aromatic rings. The predicted molar refractivity (Wildman–Crippen MR) is 241 cm³/mol. The number of carbonyl (C=O) groups is 1. The number of hydrogen-bond donors (Lipinski definition) is 2. The molecule has 12 nitrogen and oxygen atoms in total. The van der Waals surface area contributed by atoms with E-state index in [0.29, 0.717) is 37.0 Å². The number of anilines is 1. The Morgan fingerprint density at radius 1 is 0.949 bits per heavy atom. The van der Waals surface area contributed by atoms with E-state index < -0.39 is 11.5 Å². The van der Waals surface area contributed by atoms with Gasteiger partial charge >= 0.3 is 5.97 Å². The third kappa shape index (κ3) is 9.58. The zero-order valence-electron chi connectivity index (χ0n) is 34.3. The van der Waals surface area contributed by atoms with Crippen molar-refractivity contribution < 1.29 is 23.6 Å². The van der Waals surface area contributed by atoms with Crippen LogP contribution in [-0.2, 0) is 41.2 Å². The molecular weight excluding hydrogens is 831 g/mol. The fourth-order valence-electron chi connectivity index (χ4n) is 7.94. The Bertz CT molecular complexity index is 2320. The van der Waals surface area contributed by atoms with E-state index in [0.717, 1.165) is 106 Å². The number of benzene rings is 4. The number of aromatic amines is 1. The average Bonchev–Trinajstić information content (AvgIpc) is 3.83. The lowest BCUT2D eigenvalue weighted by atomic mass is 9.98. The minimum absolute atomic E-state index is 0.268. The fourth-order valence-corrected chi connectivity index (χ4v) is 9.28. The smallest absolute Gasteiger partial charge is 0.355 e. The Labute approximate surface area is 358 Å². The molecule has 0 saturated carbocycles. The van der Waals surface area contributed by atoms with Crippen LogP contribution in [-0.4, -0.2) is 101 Å². The Hall–Kier alpha value is -4.57. The number of nitrogens with zero attached hydrogens (tertiary/aromatic N) is 5. The van der Waals surface area contributed by atoms with Crippen LogP contribution in [0, 0.1) is 0 Å². The van der Waals surface area contributed by atoms with Gasteiger partial charge in [-0.1, -0.05) is 70.5 Å². The van der Waals surface area contributed by atoms with Crippen molar-refractivity contribution in [1.29, 1.82) is 0 Å². The number of esters is 1. The number of hydrogen-bond acceptors (Lipinski definition) is 10. The molecule has 14 heteroatoms. The van der Waals surface area contributed by atoms with Crippen LogP contribution in [0.15, 0.2) is 84.9 Å². The number of aryl methyl sites for hydroxylation is 2. The van der Waals surface area contributed by atoms with Crippen LogP contribution in [0.1, 0.15) is 47.2 Å². The highest BCUT2D eigenvalue weighted by atomic mass is 79.9. The number of halogens is 1. The molecule has 1 aliphatic rings. The lowest BCUT2D eigenvalue weighted by Crippen LogP contribution is -2.51. The first-order chi connectivity index (χ1) is 28.8. The zero-order valence-corrected chi connectivity index (χ0v) is 36.7. The first-order valence-corrected chi connectivity index (χ1v) is 22.5. The van der Waals surface area contributed by atoms with Gasteiger partial charge in [-0.05, 0) is 81.1 Å². The molecule has 0 bridgehead atoms. The van der Waals surface area contributed by atoms with E-state index in [-0.39, 0.29) is 19.2 Å². The summed E-state index contributed by atoms with van der Waals surface area (Å²) in [5.41, 5.74) is 7.24. The van der Waals surface area contributed by atoms with Crippen molar-refractivity contribution in [3.63, 3.8) is 0 Å². The summed E-state index contributed by atoms with van der Waals surface area (Å²) in [6, 6.07) is 28.8. The van der Waals surface area contributed by atoms with Gasteiger partial charge in [-0.25, -0.2) is 4.79 Å². The number of piperazine rings is 1. The van der Waals surface area contributed by atoms with Crippen molar-refractivity contribution in [2.45, 2.75) is 44.7 Å². The maximum Gasteiger partial charge on any atom is 0.355 e. The van der Waals surface area contributed by atoms with Gasteiger partial charge in [0.2, 0.25) is 0 Å². The number of nitrogens with one attached hydrogen (secondary N) is 2. The summed E-state index contributed by atoms with van der Waals surface area (Å²) in [5, 5.41) is 15.0. The van der Waals surface area contributed by atoms with E-state index >= 15 is 0 Å². The summed E-state index contributed by atoms with van der Waals surface area (Å²) in [6.45, 7) is 7.37. The SMILES string of the molecule is CCOC(=O)c1c(CCCOc2cccc3ccccc23)c2cccc(-c3c(CBr)n[nH]c3COc3ccc(N4CCN([S+]([O-])N(C)C)CC4)cc3)c2n1CCCNC. The minimum atomic E-state index is -1.12. The van der Waals surface area contributed by atoms with Gasteiger partial charge in [-0.2, -0.15) is 5.10 Å². The molecule has 0 spiro atoms. The first kappa shape index (κ1) is 42.6. The summed E-state index contributed by atoms with van der Waals surface area (Å²) in [7, 11) is 5.62. The molecule has 1 atom stereocenters. The number of fused-ring (bicyclic) bond motifs is 2. The molecular formula is C45H54BrN7O5S. The Kier molecular flexibility index (Phi) is 14.5. The molecule has 3 heterocycles. The fraction of sp³-hybridized carbons (Fsp3) is 0.378. The summed E-state index contributed by atoms with van der Waals surface area (Å²) in [6.07, 6.45) is 2.16. The second-order valence-electron chi connectivity index (χ2n) is 14.7.